The summed E-state index contributed by atoms with van der Waals surface area (Å²) >= 11 is 1.47. The number of piperazine rings is 1. The molecule has 6 rings (SSSR count). The van der Waals surface area contributed by atoms with Crippen molar-refractivity contribution in [1.29, 1.82) is 0 Å². The number of anilines is 1. The van der Waals surface area contributed by atoms with E-state index in [0.717, 1.165) is 23.7 Å². The number of benzene rings is 1. The Morgan fingerprint density at radius 2 is 2.12 bits per heavy atom. The molecule has 0 radical (unpaired) electrons. The Balaban J connectivity index is 1.69. The Hall–Kier alpha value is -2.01. The van der Waals surface area contributed by atoms with Crippen LogP contribution in [0.4, 0.5) is 6.01 Å². The highest BCUT2D eigenvalue weighted by Crippen LogP contribution is 2.37. The topological polar surface area (TPSA) is 100 Å². The summed E-state index contributed by atoms with van der Waals surface area (Å²) in [6, 6.07) is 4.65. The molecule has 0 aliphatic carbocycles. The lowest BCUT2D eigenvalue weighted by atomic mass is 9.92. The molecule has 2 unspecified atom stereocenters. The van der Waals surface area contributed by atoms with Gasteiger partial charge in [-0.15, -0.1) is 11.3 Å². The number of piperidine rings is 1. The van der Waals surface area contributed by atoms with Crippen LogP contribution in [0, 0.1) is 0 Å². The van der Waals surface area contributed by atoms with Crippen molar-refractivity contribution in [3.05, 3.63) is 23.7 Å². The van der Waals surface area contributed by atoms with Crippen molar-refractivity contribution in [3.8, 4) is 10.6 Å². The molecule has 3 aliphatic heterocycles. The Labute approximate surface area is 154 Å². The highest BCUT2D eigenvalue weighted by Gasteiger charge is 2.38. The highest BCUT2D eigenvalue weighted by atomic mass is 32.2. The average Bonchev–Trinajstić information content (AvgIpc) is 3.30. The summed E-state index contributed by atoms with van der Waals surface area (Å²) < 4.78 is 33.3. The van der Waals surface area contributed by atoms with Gasteiger partial charge in [0.05, 0.1) is 5.56 Å². The summed E-state index contributed by atoms with van der Waals surface area (Å²) in [5, 5.41) is 6.11. The van der Waals surface area contributed by atoms with Crippen molar-refractivity contribution in [2.45, 2.75) is 23.4 Å². The minimum Gasteiger partial charge on any atom is -0.423 e. The molecule has 3 saturated heterocycles. The summed E-state index contributed by atoms with van der Waals surface area (Å²) in [6.07, 6.45) is 2.88. The first-order valence-electron chi connectivity index (χ1n) is 8.33. The van der Waals surface area contributed by atoms with Crippen molar-refractivity contribution < 1.29 is 12.8 Å². The normalized spacial score (nSPS) is 22.6. The van der Waals surface area contributed by atoms with Gasteiger partial charge in [-0.25, -0.2) is 18.1 Å². The fourth-order valence-electron chi connectivity index (χ4n) is 3.63. The zero-order chi connectivity index (χ0) is 17.9. The van der Waals surface area contributed by atoms with E-state index in [1.807, 2.05) is 5.38 Å². The van der Waals surface area contributed by atoms with Gasteiger partial charge in [0, 0.05) is 36.8 Å². The van der Waals surface area contributed by atoms with Crippen LogP contribution >= 0.6 is 11.3 Å². The standard InChI is InChI=1S/C16H17N5O3S2/c1-17-26(22,23)12-3-2-11(15-18-4-5-25-15)14-13(12)20-16(24-14)21-7-9-6-10(8-21)19-9/h2-5,9-10,17,19H,6-8H2,1H3. The average molecular weight is 391 g/mol. The minimum atomic E-state index is -3.65. The van der Waals surface area contributed by atoms with Gasteiger partial charge in [0.25, 0.3) is 6.01 Å². The van der Waals surface area contributed by atoms with Gasteiger partial charge < -0.3 is 14.6 Å². The number of fused-ring (bicyclic) bond motifs is 3. The molecule has 1 aromatic carbocycles. The number of rotatable bonds is 4. The van der Waals surface area contributed by atoms with Gasteiger partial charge in [0.1, 0.15) is 15.4 Å². The lowest BCUT2D eigenvalue weighted by molar-refractivity contribution is 0.220. The number of nitrogens with one attached hydrogen (secondary N) is 2. The van der Waals surface area contributed by atoms with E-state index in [-0.39, 0.29) is 4.90 Å². The number of sulfonamides is 1. The van der Waals surface area contributed by atoms with E-state index in [9.17, 15) is 8.42 Å². The lowest BCUT2D eigenvalue weighted by Crippen LogP contribution is -2.67. The van der Waals surface area contributed by atoms with Gasteiger partial charge in [0.15, 0.2) is 5.58 Å². The maximum absolute atomic E-state index is 12.4. The number of hydrogen-bond acceptors (Lipinski definition) is 8. The van der Waals surface area contributed by atoms with Gasteiger partial charge in [0.2, 0.25) is 10.0 Å². The van der Waals surface area contributed by atoms with Crippen LogP contribution < -0.4 is 14.9 Å². The molecule has 3 aliphatic rings. The predicted molar refractivity (Wildman–Crippen MR) is 98.9 cm³/mol. The second kappa shape index (κ2) is 5.74. The monoisotopic (exact) mass is 391 g/mol. The SMILES string of the molecule is CNS(=O)(=O)c1ccc(-c2nccs2)c2oc(N3CC4CC(C3)N4)nc12. The number of oxazole rings is 1. The third-order valence-electron chi connectivity index (χ3n) is 4.91. The number of hydrogen-bond donors (Lipinski definition) is 2. The molecule has 2 aromatic heterocycles. The summed E-state index contributed by atoms with van der Waals surface area (Å²) in [5.41, 5.74) is 1.55. The second-order valence-electron chi connectivity index (χ2n) is 6.53. The molecule has 5 heterocycles. The molecule has 0 amide bonds. The second-order valence-corrected chi connectivity index (χ2v) is 9.28. The van der Waals surface area contributed by atoms with Gasteiger partial charge in [-0.3, -0.25) is 0 Å². The summed E-state index contributed by atoms with van der Waals surface area (Å²) in [4.78, 5) is 11.1. The van der Waals surface area contributed by atoms with E-state index in [1.165, 1.54) is 24.8 Å². The Morgan fingerprint density at radius 3 is 2.77 bits per heavy atom. The molecule has 3 fully saturated rings. The van der Waals surface area contributed by atoms with Crippen LogP contribution in [0.3, 0.4) is 0 Å². The largest absolute Gasteiger partial charge is 0.423 e. The van der Waals surface area contributed by atoms with E-state index in [4.69, 9.17) is 4.42 Å². The maximum atomic E-state index is 12.4. The van der Waals surface area contributed by atoms with Crippen molar-refractivity contribution >= 4 is 38.5 Å². The molecule has 8 nitrogen and oxygen atoms in total. The number of nitrogens with zero attached hydrogens (tertiary/aromatic N) is 3. The van der Waals surface area contributed by atoms with Crippen LogP contribution in [0.5, 0.6) is 0 Å². The van der Waals surface area contributed by atoms with Crippen molar-refractivity contribution in [3.63, 3.8) is 0 Å². The van der Waals surface area contributed by atoms with Crippen LogP contribution in [0.2, 0.25) is 0 Å². The summed E-state index contributed by atoms with van der Waals surface area (Å²) in [6.45, 7) is 1.62. The van der Waals surface area contributed by atoms with Crippen molar-refractivity contribution in [2.75, 3.05) is 25.0 Å². The molecule has 10 heteroatoms. The Bertz CT molecular complexity index is 1060. The van der Waals surface area contributed by atoms with E-state index in [0.29, 0.717) is 29.2 Å². The van der Waals surface area contributed by atoms with Crippen LogP contribution in [-0.2, 0) is 10.0 Å². The molecular formula is C16H17N5O3S2. The van der Waals surface area contributed by atoms with Crippen LogP contribution in [0.25, 0.3) is 21.7 Å². The third kappa shape index (κ3) is 2.44. The summed E-state index contributed by atoms with van der Waals surface area (Å²) in [7, 11) is -2.26. The first-order chi connectivity index (χ1) is 12.5. The molecular weight excluding hydrogens is 374 g/mol. The molecule has 3 aromatic rings. The lowest BCUT2D eigenvalue weighted by Gasteiger charge is -2.47. The maximum Gasteiger partial charge on any atom is 0.298 e. The van der Waals surface area contributed by atoms with Gasteiger partial charge in [-0.2, -0.15) is 4.98 Å². The smallest absolute Gasteiger partial charge is 0.298 e. The van der Waals surface area contributed by atoms with E-state index in [1.54, 1.807) is 18.3 Å². The fraction of sp³-hybridized carbons (Fsp3) is 0.375. The molecule has 2 atom stereocenters. The van der Waals surface area contributed by atoms with Crippen LogP contribution in [0.1, 0.15) is 6.42 Å². The van der Waals surface area contributed by atoms with Crippen LogP contribution in [0.15, 0.2) is 33.0 Å². The first kappa shape index (κ1) is 16.2. The zero-order valence-corrected chi connectivity index (χ0v) is 15.6. The van der Waals surface area contributed by atoms with Gasteiger partial charge in [-0.05, 0) is 25.6 Å². The third-order valence-corrected chi connectivity index (χ3v) is 7.16. The zero-order valence-electron chi connectivity index (χ0n) is 14.0. The molecule has 26 heavy (non-hydrogen) atoms. The van der Waals surface area contributed by atoms with Crippen LogP contribution in [-0.4, -0.2) is 50.6 Å². The van der Waals surface area contributed by atoms with E-state index >= 15 is 0 Å². The first-order valence-corrected chi connectivity index (χ1v) is 10.7. The van der Waals surface area contributed by atoms with Crippen molar-refractivity contribution in [2.24, 2.45) is 0 Å². The Morgan fingerprint density at radius 1 is 1.35 bits per heavy atom. The van der Waals surface area contributed by atoms with E-state index in [2.05, 4.69) is 24.9 Å². The highest BCUT2D eigenvalue weighted by molar-refractivity contribution is 7.89. The molecule has 0 spiro atoms. The number of thiazole rings is 1. The fourth-order valence-corrected chi connectivity index (χ4v) is 5.15. The Kier molecular flexibility index (Phi) is 3.58. The minimum absolute atomic E-state index is 0.116. The van der Waals surface area contributed by atoms with Gasteiger partial charge in [-0.1, -0.05) is 0 Å². The summed E-state index contributed by atoms with van der Waals surface area (Å²) in [5.74, 6) is 0. The number of aromatic nitrogens is 2. The molecule has 136 valence electrons. The molecule has 0 saturated carbocycles. The quantitative estimate of drug-likeness (QED) is 0.693. The predicted octanol–water partition coefficient (Wildman–Crippen LogP) is 1.41. The molecule has 2 N–H and O–H groups in total. The van der Waals surface area contributed by atoms with Crippen molar-refractivity contribution in [1.82, 2.24) is 20.0 Å². The molecule has 2 bridgehead atoms. The van der Waals surface area contributed by atoms with Gasteiger partial charge >= 0.3 is 0 Å². The van der Waals surface area contributed by atoms with E-state index < -0.39 is 10.0 Å².